The number of morpholine rings is 1. The zero-order valence-electron chi connectivity index (χ0n) is 13.9. The summed E-state index contributed by atoms with van der Waals surface area (Å²) in [6.45, 7) is 9.18. The van der Waals surface area contributed by atoms with Crippen LogP contribution in [0.1, 0.15) is 24.6 Å². The number of allylic oxidation sites excluding steroid dienone is 1. The molecule has 0 aliphatic carbocycles. The monoisotopic (exact) mass is 351 g/mol. The maximum Gasteiger partial charge on any atom is 0.233 e. The number of amides is 1. The molecule has 7 nitrogen and oxygen atoms in total. The van der Waals surface area contributed by atoms with Crippen LogP contribution < -0.4 is 5.32 Å². The number of rotatable bonds is 6. The average Bonchev–Trinajstić information content (AvgIpc) is 3.04. The number of ether oxygens (including phenoxy) is 1. The van der Waals surface area contributed by atoms with E-state index in [0.29, 0.717) is 44.5 Å². The van der Waals surface area contributed by atoms with E-state index in [1.807, 2.05) is 11.0 Å². The first-order valence-electron chi connectivity index (χ1n) is 8.52. The number of hydrogen-bond acceptors (Lipinski definition) is 6. The molecule has 0 aromatic carbocycles. The van der Waals surface area contributed by atoms with E-state index in [2.05, 4.69) is 26.7 Å². The molecule has 0 radical (unpaired) electrons. The SMILES string of the molecule is C=CCn1c(SCC(=O)N2CCOCC2)nnc1C1CCNCC1. The van der Waals surface area contributed by atoms with E-state index in [9.17, 15) is 4.79 Å². The zero-order valence-corrected chi connectivity index (χ0v) is 14.8. The molecule has 8 heteroatoms. The molecule has 1 amide bonds. The van der Waals surface area contributed by atoms with Gasteiger partial charge in [0.25, 0.3) is 0 Å². The van der Waals surface area contributed by atoms with Crippen LogP contribution >= 0.6 is 11.8 Å². The van der Waals surface area contributed by atoms with Crippen LogP contribution in [0.2, 0.25) is 0 Å². The van der Waals surface area contributed by atoms with Crippen LogP contribution in [0.4, 0.5) is 0 Å². The number of piperidine rings is 1. The highest BCUT2D eigenvalue weighted by Crippen LogP contribution is 2.27. The third kappa shape index (κ3) is 4.17. The van der Waals surface area contributed by atoms with Crippen molar-refractivity contribution in [1.82, 2.24) is 25.0 Å². The lowest BCUT2D eigenvalue weighted by Gasteiger charge is -2.26. The fraction of sp³-hybridized carbons (Fsp3) is 0.688. The first-order valence-corrected chi connectivity index (χ1v) is 9.51. The van der Waals surface area contributed by atoms with Crippen LogP contribution in [-0.2, 0) is 16.1 Å². The van der Waals surface area contributed by atoms with Crippen molar-refractivity contribution in [3.05, 3.63) is 18.5 Å². The lowest BCUT2D eigenvalue weighted by Crippen LogP contribution is -2.41. The molecular formula is C16H25N5O2S. The minimum absolute atomic E-state index is 0.139. The van der Waals surface area contributed by atoms with Gasteiger partial charge in [-0.05, 0) is 25.9 Å². The van der Waals surface area contributed by atoms with E-state index in [4.69, 9.17) is 4.74 Å². The number of thioether (sulfide) groups is 1. The Labute approximate surface area is 146 Å². The molecule has 2 aliphatic rings. The Morgan fingerprint density at radius 1 is 1.33 bits per heavy atom. The molecule has 3 rings (SSSR count). The summed E-state index contributed by atoms with van der Waals surface area (Å²) in [6.07, 6.45) is 4.01. The van der Waals surface area contributed by atoms with E-state index in [1.54, 1.807) is 0 Å². The Morgan fingerprint density at radius 2 is 2.08 bits per heavy atom. The van der Waals surface area contributed by atoms with Crippen LogP contribution in [0.3, 0.4) is 0 Å². The quantitative estimate of drug-likeness (QED) is 0.606. The van der Waals surface area contributed by atoms with Crippen LogP contribution in [0.25, 0.3) is 0 Å². The van der Waals surface area contributed by atoms with Crippen molar-refractivity contribution in [3.63, 3.8) is 0 Å². The van der Waals surface area contributed by atoms with Gasteiger partial charge in [-0.2, -0.15) is 0 Å². The van der Waals surface area contributed by atoms with E-state index in [0.717, 1.165) is 36.9 Å². The smallest absolute Gasteiger partial charge is 0.233 e. The van der Waals surface area contributed by atoms with Gasteiger partial charge in [-0.25, -0.2) is 0 Å². The largest absolute Gasteiger partial charge is 0.378 e. The van der Waals surface area contributed by atoms with Crippen molar-refractivity contribution in [2.75, 3.05) is 45.1 Å². The number of carbonyl (C=O) groups is 1. The Morgan fingerprint density at radius 3 is 2.79 bits per heavy atom. The molecule has 0 saturated carbocycles. The molecule has 132 valence electrons. The minimum Gasteiger partial charge on any atom is -0.378 e. The summed E-state index contributed by atoms with van der Waals surface area (Å²) in [5, 5.41) is 12.9. The Kier molecular flexibility index (Phi) is 6.28. The van der Waals surface area contributed by atoms with Crippen LogP contribution in [0, 0.1) is 0 Å². The normalized spacial score (nSPS) is 19.4. The van der Waals surface area contributed by atoms with Gasteiger partial charge in [0.05, 0.1) is 19.0 Å². The summed E-state index contributed by atoms with van der Waals surface area (Å²) in [5.74, 6) is 1.99. The highest BCUT2D eigenvalue weighted by molar-refractivity contribution is 7.99. The van der Waals surface area contributed by atoms with Gasteiger partial charge in [-0.15, -0.1) is 16.8 Å². The van der Waals surface area contributed by atoms with E-state index in [1.165, 1.54) is 11.8 Å². The third-order valence-corrected chi connectivity index (χ3v) is 5.40. The summed E-state index contributed by atoms with van der Waals surface area (Å²) < 4.78 is 7.40. The van der Waals surface area contributed by atoms with Crippen molar-refractivity contribution >= 4 is 17.7 Å². The van der Waals surface area contributed by atoms with Gasteiger partial charge in [0.2, 0.25) is 5.91 Å². The predicted octanol–water partition coefficient (Wildman–Crippen LogP) is 0.882. The summed E-state index contributed by atoms with van der Waals surface area (Å²) >= 11 is 1.47. The van der Waals surface area contributed by atoms with Crippen LogP contribution in [0.15, 0.2) is 17.8 Å². The Hall–Kier alpha value is -1.38. The molecule has 0 spiro atoms. The minimum atomic E-state index is 0.139. The van der Waals surface area contributed by atoms with Crippen molar-refractivity contribution in [3.8, 4) is 0 Å². The molecule has 2 saturated heterocycles. The van der Waals surface area contributed by atoms with Crippen LogP contribution in [0.5, 0.6) is 0 Å². The van der Waals surface area contributed by atoms with E-state index < -0.39 is 0 Å². The van der Waals surface area contributed by atoms with Gasteiger partial charge in [0.1, 0.15) is 5.82 Å². The van der Waals surface area contributed by atoms with Crippen molar-refractivity contribution in [2.45, 2.75) is 30.5 Å². The number of nitrogens with one attached hydrogen (secondary N) is 1. The number of carbonyl (C=O) groups excluding carboxylic acids is 1. The molecule has 1 aromatic heterocycles. The van der Waals surface area contributed by atoms with Gasteiger partial charge in [0, 0.05) is 25.6 Å². The average molecular weight is 351 g/mol. The fourth-order valence-electron chi connectivity index (χ4n) is 3.12. The molecular weight excluding hydrogens is 326 g/mol. The van der Waals surface area contributed by atoms with Gasteiger partial charge < -0.3 is 19.5 Å². The van der Waals surface area contributed by atoms with Crippen molar-refractivity contribution in [1.29, 1.82) is 0 Å². The molecule has 2 aliphatic heterocycles. The predicted molar refractivity (Wildman–Crippen MR) is 93.2 cm³/mol. The Bertz CT molecular complexity index is 565. The Balaban J connectivity index is 1.64. The topological polar surface area (TPSA) is 72.3 Å². The number of nitrogens with zero attached hydrogens (tertiary/aromatic N) is 4. The van der Waals surface area contributed by atoms with Crippen molar-refractivity contribution < 1.29 is 9.53 Å². The van der Waals surface area contributed by atoms with E-state index >= 15 is 0 Å². The van der Waals surface area contributed by atoms with Crippen molar-refractivity contribution in [2.24, 2.45) is 0 Å². The number of hydrogen-bond donors (Lipinski definition) is 1. The second kappa shape index (κ2) is 8.64. The lowest BCUT2D eigenvalue weighted by atomic mass is 9.97. The highest BCUT2D eigenvalue weighted by atomic mass is 32.2. The molecule has 0 bridgehead atoms. The second-order valence-electron chi connectivity index (χ2n) is 6.05. The molecule has 1 aromatic rings. The molecule has 0 unspecified atom stereocenters. The second-order valence-corrected chi connectivity index (χ2v) is 6.99. The highest BCUT2D eigenvalue weighted by Gasteiger charge is 2.24. The maximum absolute atomic E-state index is 12.3. The lowest BCUT2D eigenvalue weighted by molar-refractivity contribution is -0.132. The van der Waals surface area contributed by atoms with E-state index in [-0.39, 0.29) is 5.91 Å². The standard InChI is InChI=1S/C16H25N5O2S/c1-2-7-21-15(13-3-5-17-6-4-13)18-19-16(21)24-12-14(22)20-8-10-23-11-9-20/h2,13,17H,1,3-12H2. The molecule has 1 N–H and O–H groups in total. The zero-order chi connectivity index (χ0) is 16.8. The van der Waals surface area contributed by atoms with Gasteiger partial charge in [0.15, 0.2) is 5.16 Å². The van der Waals surface area contributed by atoms with Gasteiger partial charge in [-0.3, -0.25) is 4.79 Å². The summed E-state index contributed by atoms with van der Waals surface area (Å²) in [7, 11) is 0. The van der Waals surface area contributed by atoms with Gasteiger partial charge >= 0.3 is 0 Å². The first kappa shape index (κ1) is 17.4. The maximum atomic E-state index is 12.3. The van der Waals surface area contributed by atoms with Gasteiger partial charge in [-0.1, -0.05) is 17.8 Å². The summed E-state index contributed by atoms with van der Waals surface area (Å²) in [5.41, 5.74) is 0. The fourth-order valence-corrected chi connectivity index (χ4v) is 3.98. The third-order valence-electron chi connectivity index (χ3n) is 4.45. The number of aromatic nitrogens is 3. The molecule has 2 fully saturated rings. The molecule has 0 atom stereocenters. The van der Waals surface area contributed by atoms with Crippen LogP contribution in [-0.4, -0.2) is 70.7 Å². The molecule has 24 heavy (non-hydrogen) atoms. The molecule has 3 heterocycles. The summed E-state index contributed by atoms with van der Waals surface area (Å²) in [4.78, 5) is 14.2. The first-order chi connectivity index (χ1) is 11.8. The summed E-state index contributed by atoms with van der Waals surface area (Å²) in [6, 6.07) is 0.